The molecule has 1 heterocycles. The standard InChI is InChI=1S/C29H27NO4/c1-33-22-12-8-11-21(17-22)30-25-15-20(19-9-4-3-5-10-19)16-26(31)29(25)24(18-28(30)32)23-13-6-7-14-27(23)34-2/h3-14,17,20,24H,15-16,18H2,1-2H3. The molecule has 3 aromatic carbocycles. The molecule has 2 atom stereocenters. The number of amides is 1. The summed E-state index contributed by atoms with van der Waals surface area (Å²) in [6, 6.07) is 25.2. The van der Waals surface area contributed by atoms with Gasteiger partial charge in [0, 0.05) is 41.7 Å². The molecule has 1 aliphatic heterocycles. The lowest BCUT2D eigenvalue weighted by molar-refractivity contribution is -0.120. The first-order chi connectivity index (χ1) is 16.6. The Balaban J connectivity index is 1.68. The molecule has 0 radical (unpaired) electrons. The molecular formula is C29H27NO4. The summed E-state index contributed by atoms with van der Waals surface area (Å²) in [6.07, 6.45) is 1.24. The van der Waals surface area contributed by atoms with Gasteiger partial charge in [-0.1, -0.05) is 54.6 Å². The van der Waals surface area contributed by atoms with Gasteiger partial charge in [-0.25, -0.2) is 0 Å². The highest BCUT2D eigenvalue weighted by molar-refractivity contribution is 6.08. The van der Waals surface area contributed by atoms with Gasteiger partial charge in [-0.05, 0) is 36.1 Å². The normalized spacial score (nSPS) is 20.2. The van der Waals surface area contributed by atoms with Crippen LogP contribution < -0.4 is 14.4 Å². The van der Waals surface area contributed by atoms with Gasteiger partial charge in [0.1, 0.15) is 11.5 Å². The van der Waals surface area contributed by atoms with E-state index in [4.69, 9.17) is 9.47 Å². The number of Topliss-reactive ketones (excluding diaryl/α,β-unsaturated/α-hetero) is 1. The maximum absolute atomic E-state index is 13.7. The van der Waals surface area contributed by atoms with Gasteiger partial charge in [-0.3, -0.25) is 14.5 Å². The van der Waals surface area contributed by atoms with E-state index in [9.17, 15) is 9.59 Å². The van der Waals surface area contributed by atoms with E-state index in [1.165, 1.54) is 0 Å². The SMILES string of the molecule is COc1cccc(N2C(=O)CC(c3ccccc3OC)C3=C2CC(c2ccccc2)CC3=O)c1. The summed E-state index contributed by atoms with van der Waals surface area (Å²) in [5, 5.41) is 0. The number of carbonyl (C=O) groups is 2. The maximum Gasteiger partial charge on any atom is 0.232 e. The first-order valence-electron chi connectivity index (χ1n) is 11.5. The molecule has 2 aliphatic rings. The Kier molecular flexibility index (Phi) is 5.93. The molecule has 0 saturated heterocycles. The lowest BCUT2D eigenvalue weighted by atomic mass is 9.72. The second kappa shape index (κ2) is 9.18. The van der Waals surface area contributed by atoms with Crippen LogP contribution in [0.2, 0.25) is 0 Å². The minimum Gasteiger partial charge on any atom is -0.497 e. The molecule has 5 nitrogen and oxygen atoms in total. The molecule has 1 aliphatic carbocycles. The van der Waals surface area contributed by atoms with E-state index in [0.29, 0.717) is 24.3 Å². The number of ether oxygens (including phenoxy) is 2. The molecule has 2 unspecified atom stereocenters. The molecule has 3 aromatic rings. The number of rotatable bonds is 5. The third-order valence-corrected chi connectivity index (χ3v) is 6.83. The molecule has 0 bridgehead atoms. The topological polar surface area (TPSA) is 55.8 Å². The van der Waals surface area contributed by atoms with Crippen molar-refractivity contribution >= 4 is 17.4 Å². The highest BCUT2D eigenvalue weighted by Gasteiger charge is 2.43. The van der Waals surface area contributed by atoms with Gasteiger partial charge >= 0.3 is 0 Å². The number of hydrogen-bond donors (Lipinski definition) is 0. The third kappa shape index (κ3) is 3.87. The molecule has 5 rings (SSSR count). The van der Waals surface area contributed by atoms with Gasteiger partial charge in [0.15, 0.2) is 5.78 Å². The van der Waals surface area contributed by atoms with Gasteiger partial charge in [-0.2, -0.15) is 0 Å². The van der Waals surface area contributed by atoms with Crippen molar-refractivity contribution in [2.24, 2.45) is 0 Å². The fraction of sp³-hybridized carbons (Fsp3) is 0.241. The van der Waals surface area contributed by atoms with Crippen molar-refractivity contribution in [1.82, 2.24) is 0 Å². The second-order valence-electron chi connectivity index (χ2n) is 8.73. The number of para-hydroxylation sites is 1. The summed E-state index contributed by atoms with van der Waals surface area (Å²) in [6.45, 7) is 0. The van der Waals surface area contributed by atoms with Crippen molar-refractivity contribution in [2.45, 2.75) is 31.1 Å². The smallest absolute Gasteiger partial charge is 0.232 e. The fourth-order valence-corrected chi connectivity index (χ4v) is 5.27. The zero-order chi connectivity index (χ0) is 23.7. The van der Waals surface area contributed by atoms with Crippen LogP contribution in [0.3, 0.4) is 0 Å². The summed E-state index contributed by atoms with van der Waals surface area (Å²) in [7, 11) is 3.23. The van der Waals surface area contributed by atoms with E-state index in [1.807, 2.05) is 66.7 Å². The van der Waals surface area contributed by atoms with E-state index in [0.717, 1.165) is 28.1 Å². The average Bonchev–Trinajstić information content (AvgIpc) is 2.88. The van der Waals surface area contributed by atoms with E-state index >= 15 is 0 Å². The van der Waals surface area contributed by atoms with Gasteiger partial charge < -0.3 is 9.47 Å². The third-order valence-electron chi connectivity index (χ3n) is 6.83. The van der Waals surface area contributed by atoms with Crippen molar-refractivity contribution < 1.29 is 19.1 Å². The summed E-state index contributed by atoms with van der Waals surface area (Å²) in [5.41, 5.74) is 4.21. The minimum absolute atomic E-state index is 0.0183. The van der Waals surface area contributed by atoms with Crippen LogP contribution in [0.15, 0.2) is 90.1 Å². The van der Waals surface area contributed by atoms with Crippen LogP contribution in [-0.4, -0.2) is 25.9 Å². The van der Waals surface area contributed by atoms with Gasteiger partial charge in [0.2, 0.25) is 5.91 Å². The second-order valence-corrected chi connectivity index (χ2v) is 8.73. The van der Waals surface area contributed by atoms with Gasteiger partial charge in [0.25, 0.3) is 0 Å². The molecule has 0 spiro atoms. The Labute approximate surface area is 199 Å². The van der Waals surface area contributed by atoms with E-state index in [2.05, 4.69) is 12.1 Å². The molecule has 0 aromatic heterocycles. The molecule has 0 saturated carbocycles. The fourth-order valence-electron chi connectivity index (χ4n) is 5.27. The molecule has 1 amide bonds. The van der Waals surface area contributed by atoms with Crippen LogP contribution in [-0.2, 0) is 9.59 Å². The Morgan fingerprint density at radius 1 is 0.794 bits per heavy atom. The predicted octanol–water partition coefficient (Wildman–Crippen LogP) is 5.63. The van der Waals surface area contributed by atoms with Gasteiger partial charge in [0.05, 0.1) is 19.9 Å². The monoisotopic (exact) mass is 453 g/mol. The first kappa shape index (κ1) is 22.0. The van der Waals surface area contributed by atoms with Gasteiger partial charge in [-0.15, -0.1) is 0 Å². The lowest BCUT2D eigenvalue weighted by Crippen LogP contribution is -2.41. The lowest BCUT2D eigenvalue weighted by Gasteiger charge is -2.40. The molecule has 34 heavy (non-hydrogen) atoms. The van der Waals surface area contributed by atoms with E-state index < -0.39 is 0 Å². The highest BCUT2D eigenvalue weighted by Crippen LogP contribution is 2.48. The number of anilines is 1. The van der Waals surface area contributed by atoms with Crippen LogP contribution in [0.4, 0.5) is 5.69 Å². The highest BCUT2D eigenvalue weighted by atomic mass is 16.5. The maximum atomic E-state index is 13.7. The number of carbonyl (C=O) groups excluding carboxylic acids is 2. The summed E-state index contributed by atoms with van der Waals surface area (Å²) < 4.78 is 11.0. The zero-order valence-corrected chi connectivity index (χ0v) is 19.4. The van der Waals surface area contributed by atoms with Crippen molar-refractivity contribution in [3.8, 4) is 11.5 Å². The summed E-state index contributed by atoms with van der Waals surface area (Å²) >= 11 is 0. The van der Waals surface area contributed by atoms with E-state index in [-0.39, 0.29) is 29.9 Å². The molecular weight excluding hydrogens is 426 g/mol. The van der Waals surface area contributed by atoms with Crippen molar-refractivity contribution in [2.75, 3.05) is 19.1 Å². The number of allylic oxidation sites excluding steroid dienone is 2. The van der Waals surface area contributed by atoms with Crippen LogP contribution in [0, 0.1) is 0 Å². The van der Waals surface area contributed by atoms with Crippen molar-refractivity contribution in [1.29, 1.82) is 0 Å². The molecule has 0 fully saturated rings. The van der Waals surface area contributed by atoms with Crippen molar-refractivity contribution in [3.63, 3.8) is 0 Å². The summed E-state index contributed by atoms with van der Waals surface area (Å²) in [5.74, 6) is 1.10. The van der Waals surface area contributed by atoms with E-state index in [1.54, 1.807) is 19.1 Å². The Morgan fingerprint density at radius 2 is 1.56 bits per heavy atom. The quantitative estimate of drug-likeness (QED) is 0.503. The molecule has 5 heteroatoms. The number of hydrogen-bond acceptors (Lipinski definition) is 4. The number of methoxy groups -OCH3 is 2. The average molecular weight is 454 g/mol. The Morgan fingerprint density at radius 3 is 2.32 bits per heavy atom. The van der Waals surface area contributed by atoms with Crippen LogP contribution >= 0.6 is 0 Å². The largest absolute Gasteiger partial charge is 0.497 e. The summed E-state index contributed by atoms with van der Waals surface area (Å²) in [4.78, 5) is 29.2. The van der Waals surface area contributed by atoms with Crippen molar-refractivity contribution in [3.05, 3.63) is 101 Å². The minimum atomic E-state index is -0.329. The number of benzene rings is 3. The van der Waals surface area contributed by atoms with Crippen LogP contribution in [0.1, 0.15) is 42.2 Å². The number of ketones is 1. The Hall–Kier alpha value is -3.86. The predicted molar refractivity (Wildman–Crippen MR) is 131 cm³/mol. The molecule has 0 N–H and O–H groups in total. The Bertz CT molecular complexity index is 1260. The zero-order valence-electron chi connectivity index (χ0n) is 19.4. The number of nitrogens with zero attached hydrogens (tertiary/aromatic N) is 1. The van der Waals surface area contributed by atoms with Crippen LogP contribution in [0.5, 0.6) is 11.5 Å². The molecule has 172 valence electrons. The van der Waals surface area contributed by atoms with Crippen LogP contribution in [0.25, 0.3) is 0 Å². The first-order valence-corrected chi connectivity index (χ1v) is 11.5.